The molecule has 1 aliphatic rings. The standard InChI is InChI=1S/C13H13ClO/c1-9(15)13(14)12-8-4-6-10-5-2-3-7-11(10)12/h2-5,7-8,12-13H,6H2,1H3. The number of benzene rings is 1. The number of halogens is 1. The topological polar surface area (TPSA) is 17.1 Å². The van der Waals surface area contributed by atoms with E-state index in [-0.39, 0.29) is 11.7 Å². The maximum Gasteiger partial charge on any atom is 0.148 e. The van der Waals surface area contributed by atoms with E-state index in [1.165, 1.54) is 11.1 Å². The van der Waals surface area contributed by atoms with E-state index in [1.54, 1.807) is 6.92 Å². The highest BCUT2D eigenvalue weighted by Gasteiger charge is 2.25. The van der Waals surface area contributed by atoms with Crippen LogP contribution in [-0.2, 0) is 11.2 Å². The summed E-state index contributed by atoms with van der Waals surface area (Å²) in [4.78, 5) is 11.3. The third kappa shape index (κ3) is 1.98. The summed E-state index contributed by atoms with van der Waals surface area (Å²) >= 11 is 6.12. The smallest absolute Gasteiger partial charge is 0.148 e. The van der Waals surface area contributed by atoms with Crippen LogP contribution in [-0.4, -0.2) is 11.2 Å². The molecule has 0 saturated heterocycles. The van der Waals surface area contributed by atoms with E-state index in [2.05, 4.69) is 18.2 Å². The average Bonchev–Trinajstić information content (AvgIpc) is 2.27. The molecule has 0 N–H and O–H groups in total. The van der Waals surface area contributed by atoms with Crippen LogP contribution in [0, 0.1) is 0 Å². The minimum absolute atomic E-state index is 0.0306. The summed E-state index contributed by atoms with van der Waals surface area (Å²) in [7, 11) is 0. The first-order valence-electron chi connectivity index (χ1n) is 5.09. The molecule has 78 valence electrons. The van der Waals surface area contributed by atoms with Crippen LogP contribution in [0.25, 0.3) is 0 Å². The van der Waals surface area contributed by atoms with Crippen molar-refractivity contribution >= 4 is 17.4 Å². The van der Waals surface area contributed by atoms with Crippen LogP contribution in [0.5, 0.6) is 0 Å². The van der Waals surface area contributed by atoms with Crippen molar-refractivity contribution in [3.63, 3.8) is 0 Å². The Morgan fingerprint density at radius 1 is 1.47 bits per heavy atom. The molecular formula is C13H13ClO. The van der Waals surface area contributed by atoms with Gasteiger partial charge in [0.05, 0.1) is 0 Å². The van der Waals surface area contributed by atoms with Gasteiger partial charge in [0.15, 0.2) is 0 Å². The molecule has 0 amide bonds. The highest BCUT2D eigenvalue weighted by atomic mass is 35.5. The van der Waals surface area contributed by atoms with Gasteiger partial charge in [0.1, 0.15) is 11.2 Å². The van der Waals surface area contributed by atoms with Gasteiger partial charge in [-0.3, -0.25) is 4.79 Å². The minimum Gasteiger partial charge on any atom is -0.298 e. The molecule has 1 aliphatic carbocycles. The third-order valence-corrected chi connectivity index (χ3v) is 3.38. The zero-order valence-corrected chi connectivity index (χ0v) is 9.37. The summed E-state index contributed by atoms with van der Waals surface area (Å²) in [5.41, 5.74) is 2.46. The van der Waals surface area contributed by atoms with Crippen molar-refractivity contribution in [2.75, 3.05) is 0 Å². The number of carbonyl (C=O) groups excluding carboxylic acids is 1. The highest BCUT2D eigenvalue weighted by molar-refractivity contribution is 6.31. The first kappa shape index (κ1) is 10.4. The SMILES string of the molecule is CC(=O)C(Cl)C1C=CCc2ccccc21. The molecule has 1 aromatic rings. The van der Waals surface area contributed by atoms with Gasteiger partial charge >= 0.3 is 0 Å². The number of hydrogen-bond acceptors (Lipinski definition) is 1. The normalized spacial score (nSPS) is 20.8. The third-order valence-electron chi connectivity index (χ3n) is 2.80. The first-order valence-corrected chi connectivity index (χ1v) is 5.53. The number of rotatable bonds is 2. The van der Waals surface area contributed by atoms with E-state index in [1.807, 2.05) is 18.2 Å². The van der Waals surface area contributed by atoms with Crippen molar-refractivity contribution in [1.29, 1.82) is 0 Å². The van der Waals surface area contributed by atoms with Crippen LogP contribution in [0.3, 0.4) is 0 Å². The Bertz CT molecular complexity index is 409. The molecule has 2 heteroatoms. The van der Waals surface area contributed by atoms with Gasteiger partial charge in [-0.1, -0.05) is 36.4 Å². The van der Waals surface area contributed by atoms with E-state index >= 15 is 0 Å². The molecule has 2 rings (SSSR count). The van der Waals surface area contributed by atoms with Crippen molar-refractivity contribution < 1.29 is 4.79 Å². The molecule has 0 bridgehead atoms. The van der Waals surface area contributed by atoms with Gasteiger partial charge in [-0.05, 0) is 24.5 Å². The van der Waals surface area contributed by atoms with Crippen molar-refractivity contribution in [2.45, 2.75) is 24.6 Å². The fraction of sp³-hybridized carbons (Fsp3) is 0.308. The second-order valence-corrected chi connectivity index (χ2v) is 4.34. The van der Waals surface area contributed by atoms with Crippen LogP contribution in [0.4, 0.5) is 0 Å². The maximum atomic E-state index is 11.3. The molecule has 2 unspecified atom stereocenters. The number of Topliss-reactive ketones (excluding diaryl/α,β-unsaturated/α-hetero) is 1. The molecule has 0 aliphatic heterocycles. The van der Waals surface area contributed by atoms with E-state index < -0.39 is 5.38 Å². The molecular weight excluding hydrogens is 208 g/mol. The maximum absolute atomic E-state index is 11.3. The number of hydrogen-bond donors (Lipinski definition) is 0. The summed E-state index contributed by atoms with van der Waals surface area (Å²) in [6.45, 7) is 1.54. The lowest BCUT2D eigenvalue weighted by atomic mass is 9.85. The summed E-state index contributed by atoms with van der Waals surface area (Å²) in [5.74, 6) is 0.0668. The molecule has 0 radical (unpaired) electrons. The largest absolute Gasteiger partial charge is 0.298 e. The molecule has 0 heterocycles. The van der Waals surface area contributed by atoms with Gasteiger partial charge < -0.3 is 0 Å². The molecule has 0 fully saturated rings. The fourth-order valence-electron chi connectivity index (χ4n) is 2.00. The van der Waals surface area contributed by atoms with Crippen LogP contribution < -0.4 is 0 Å². The molecule has 1 nitrogen and oxygen atoms in total. The molecule has 0 spiro atoms. The number of fused-ring (bicyclic) bond motifs is 1. The quantitative estimate of drug-likeness (QED) is 0.553. The predicted molar refractivity (Wildman–Crippen MR) is 62.3 cm³/mol. The van der Waals surface area contributed by atoms with E-state index in [4.69, 9.17) is 11.6 Å². The van der Waals surface area contributed by atoms with Gasteiger partial charge in [0.2, 0.25) is 0 Å². The zero-order chi connectivity index (χ0) is 10.8. The predicted octanol–water partition coefficient (Wildman–Crippen LogP) is 3.08. The number of ketones is 1. The van der Waals surface area contributed by atoms with Crippen molar-refractivity contribution in [3.8, 4) is 0 Å². The van der Waals surface area contributed by atoms with Gasteiger partial charge in [-0.25, -0.2) is 0 Å². The van der Waals surface area contributed by atoms with Gasteiger partial charge in [0.25, 0.3) is 0 Å². The Hall–Kier alpha value is -1.08. The summed E-state index contributed by atoms with van der Waals surface area (Å²) < 4.78 is 0. The molecule has 0 saturated carbocycles. The Morgan fingerprint density at radius 2 is 2.20 bits per heavy atom. The van der Waals surface area contributed by atoms with Gasteiger partial charge in [0, 0.05) is 5.92 Å². The van der Waals surface area contributed by atoms with Crippen LogP contribution in [0.1, 0.15) is 24.0 Å². The second kappa shape index (κ2) is 4.19. The lowest BCUT2D eigenvalue weighted by Gasteiger charge is -2.23. The lowest BCUT2D eigenvalue weighted by Crippen LogP contribution is -2.21. The van der Waals surface area contributed by atoms with Gasteiger partial charge in [-0.2, -0.15) is 0 Å². The summed E-state index contributed by atoms with van der Waals surface area (Å²) in [6, 6.07) is 8.16. The number of allylic oxidation sites excluding steroid dienone is 2. The first-order chi connectivity index (χ1) is 7.20. The van der Waals surface area contributed by atoms with E-state index in [0.717, 1.165) is 6.42 Å². The minimum atomic E-state index is -0.442. The van der Waals surface area contributed by atoms with E-state index in [0.29, 0.717) is 0 Å². The number of alkyl halides is 1. The van der Waals surface area contributed by atoms with E-state index in [9.17, 15) is 4.79 Å². The summed E-state index contributed by atoms with van der Waals surface area (Å²) in [6.07, 6.45) is 5.07. The molecule has 0 aromatic heterocycles. The lowest BCUT2D eigenvalue weighted by molar-refractivity contribution is -0.116. The average molecular weight is 221 g/mol. The molecule has 1 aromatic carbocycles. The van der Waals surface area contributed by atoms with Crippen LogP contribution in [0.15, 0.2) is 36.4 Å². The molecule has 15 heavy (non-hydrogen) atoms. The van der Waals surface area contributed by atoms with Crippen molar-refractivity contribution in [2.24, 2.45) is 0 Å². The Kier molecular flexibility index (Phi) is 2.92. The van der Waals surface area contributed by atoms with Crippen LogP contribution >= 0.6 is 11.6 Å². The van der Waals surface area contributed by atoms with Crippen LogP contribution in [0.2, 0.25) is 0 Å². The fourth-order valence-corrected chi connectivity index (χ4v) is 2.22. The summed E-state index contributed by atoms with van der Waals surface area (Å²) in [5, 5.41) is -0.442. The Morgan fingerprint density at radius 3 is 2.93 bits per heavy atom. The molecule has 2 atom stereocenters. The Labute approximate surface area is 94.8 Å². The number of carbonyl (C=O) groups is 1. The monoisotopic (exact) mass is 220 g/mol. The zero-order valence-electron chi connectivity index (χ0n) is 8.61. The van der Waals surface area contributed by atoms with Gasteiger partial charge in [-0.15, -0.1) is 11.6 Å². The van der Waals surface area contributed by atoms with Crippen molar-refractivity contribution in [3.05, 3.63) is 47.5 Å². The Balaban J connectivity index is 2.38. The highest BCUT2D eigenvalue weighted by Crippen LogP contribution is 2.32. The van der Waals surface area contributed by atoms with Crippen molar-refractivity contribution in [1.82, 2.24) is 0 Å². The second-order valence-electron chi connectivity index (χ2n) is 3.87.